The lowest BCUT2D eigenvalue weighted by Gasteiger charge is -2.11. The molecule has 0 fully saturated rings. The lowest BCUT2D eigenvalue weighted by Crippen LogP contribution is -2.15. The summed E-state index contributed by atoms with van der Waals surface area (Å²) in [5.74, 6) is 0. The van der Waals surface area contributed by atoms with Gasteiger partial charge in [-0.3, -0.25) is 0 Å². The quantitative estimate of drug-likeness (QED) is 0.842. The molecule has 0 heterocycles. The van der Waals surface area contributed by atoms with Gasteiger partial charge in [-0.25, -0.2) is 4.79 Å². The average Bonchev–Trinajstić information content (AvgIpc) is 2.46. The maximum atomic E-state index is 10.7. The highest BCUT2D eigenvalue weighted by Gasteiger charge is 2.08. The van der Waals surface area contributed by atoms with E-state index >= 15 is 0 Å². The molecular formula is C15H15N3O2. The molecule has 1 unspecified atom stereocenters. The van der Waals surface area contributed by atoms with Crippen LogP contribution in [0.15, 0.2) is 64.8 Å². The van der Waals surface area contributed by atoms with Crippen LogP contribution < -0.4 is 5.73 Å². The van der Waals surface area contributed by atoms with E-state index in [4.69, 9.17) is 10.5 Å². The predicted octanol–water partition coefficient (Wildman–Crippen LogP) is 4.26. The number of nitrogens with zero attached hydrogens (tertiary/aromatic N) is 2. The van der Waals surface area contributed by atoms with Gasteiger partial charge in [-0.2, -0.15) is 10.2 Å². The van der Waals surface area contributed by atoms with Crippen LogP contribution in [-0.2, 0) is 4.74 Å². The number of carbonyl (C=O) groups is 1. The van der Waals surface area contributed by atoms with Crippen LogP contribution in [0.25, 0.3) is 0 Å². The Balaban J connectivity index is 2.05. The molecule has 0 radical (unpaired) electrons. The summed E-state index contributed by atoms with van der Waals surface area (Å²) in [7, 11) is 0. The summed E-state index contributed by atoms with van der Waals surface area (Å²) in [6.07, 6.45) is -1.17. The van der Waals surface area contributed by atoms with Crippen molar-refractivity contribution in [3.8, 4) is 0 Å². The van der Waals surface area contributed by atoms with Gasteiger partial charge in [-0.05, 0) is 36.8 Å². The normalized spacial score (nSPS) is 12.2. The Morgan fingerprint density at radius 3 is 2.10 bits per heavy atom. The first-order valence-electron chi connectivity index (χ1n) is 6.18. The molecule has 1 atom stereocenters. The van der Waals surface area contributed by atoms with Crippen molar-refractivity contribution in [2.75, 3.05) is 0 Å². The molecule has 0 spiro atoms. The fourth-order valence-corrected chi connectivity index (χ4v) is 1.66. The Kier molecular flexibility index (Phi) is 4.44. The van der Waals surface area contributed by atoms with E-state index in [2.05, 4.69) is 10.2 Å². The van der Waals surface area contributed by atoms with Crippen molar-refractivity contribution < 1.29 is 9.53 Å². The number of azo groups is 1. The summed E-state index contributed by atoms with van der Waals surface area (Å²) < 4.78 is 4.89. The van der Waals surface area contributed by atoms with Crippen molar-refractivity contribution in [1.82, 2.24) is 0 Å². The third-order valence-electron chi connectivity index (χ3n) is 2.69. The fourth-order valence-electron chi connectivity index (χ4n) is 1.66. The lowest BCUT2D eigenvalue weighted by molar-refractivity contribution is 0.116. The molecule has 5 heteroatoms. The van der Waals surface area contributed by atoms with E-state index in [0.717, 1.165) is 16.9 Å². The molecule has 0 aromatic heterocycles. The second-order valence-corrected chi connectivity index (χ2v) is 4.21. The van der Waals surface area contributed by atoms with Crippen LogP contribution in [0.5, 0.6) is 0 Å². The minimum atomic E-state index is -0.787. The zero-order chi connectivity index (χ0) is 14.4. The summed E-state index contributed by atoms with van der Waals surface area (Å²) in [6, 6.07) is 16.8. The molecule has 2 N–H and O–H groups in total. The second-order valence-electron chi connectivity index (χ2n) is 4.21. The number of hydrogen-bond donors (Lipinski definition) is 1. The van der Waals surface area contributed by atoms with Crippen LogP contribution in [0.2, 0.25) is 0 Å². The molecule has 0 bridgehead atoms. The van der Waals surface area contributed by atoms with Crippen molar-refractivity contribution in [3.63, 3.8) is 0 Å². The second kappa shape index (κ2) is 6.47. The number of nitrogens with two attached hydrogens (primary N) is 1. The number of amides is 1. The van der Waals surface area contributed by atoms with Gasteiger partial charge in [0.15, 0.2) is 0 Å². The third kappa shape index (κ3) is 3.91. The van der Waals surface area contributed by atoms with Gasteiger partial charge >= 0.3 is 6.09 Å². The zero-order valence-corrected chi connectivity index (χ0v) is 11.1. The molecule has 0 saturated heterocycles. The maximum Gasteiger partial charge on any atom is 0.405 e. The Morgan fingerprint density at radius 2 is 1.55 bits per heavy atom. The van der Waals surface area contributed by atoms with E-state index in [1.807, 2.05) is 54.6 Å². The summed E-state index contributed by atoms with van der Waals surface area (Å²) in [5, 5.41) is 8.25. The van der Waals surface area contributed by atoms with Gasteiger partial charge in [0.05, 0.1) is 11.4 Å². The van der Waals surface area contributed by atoms with Crippen molar-refractivity contribution in [1.29, 1.82) is 0 Å². The molecule has 1 amide bonds. The van der Waals surface area contributed by atoms with Gasteiger partial charge in [0.25, 0.3) is 0 Å². The SMILES string of the molecule is CC(OC(N)=O)c1ccc(/N=N/c2ccccc2)cc1. The van der Waals surface area contributed by atoms with Crippen molar-refractivity contribution in [3.05, 3.63) is 60.2 Å². The fraction of sp³-hybridized carbons (Fsp3) is 0.133. The number of benzene rings is 2. The van der Waals surface area contributed by atoms with E-state index in [1.54, 1.807) is 6.92 Å². The highest BCUT2D eigenvalue weighted by Crippen LogP contribution is 2.22. The first-order chi connectivity index (χ1) is 9.65. The van der Waals surface area contributed by atoms with E-state index in [-0.39, 0.29) is 6.10 Å². The smallest absolute Gasteiger partial charge is 0.405 e. The number of carbonyl (C=O) groups excluding carboxylic acids is 1. The highest BCUT2D eigenvalue weighted by molar-refractivity contribution is 5.65. The molecule has 0 aliphatic rings. The van der Waals surface area contributed by atoms with Crippen LogP contribution >= 0.6 is 0 Å². The maximum absolute atomic E-state index is 10.7. The molecule has 5 nitrogen and oxygen atoms in total. The Hall–Kier alpha value is -2.69. The van der Waals surface area contributed by atoms with E-state index in [0.29, 0.717) is 0 Å². The molecule has 0 aliphatic carbocycles. The largest absolute Gasteiger partial charge is 0.442 e. The molecule has 0 saturated carbocycles. The zero-order valence-electron chi connectivity index (χ0n) is 11.1. The molecular weight excluding hydrogens is 254 g/mol. The molecule has 2 rings (SSSR count). The number of hydrogen-bond acceptors (Lipinski definition) is 4. The van der Waals surface area contributed by atoms with Gasteiger partial charge in [-0.1, -0.05) is 30.3 Å². The summed E-state index contributed by atoms with van der Waals surface area (Å²) in [4.78, 5) is 10.7. The van der Waals surface area contributed by atoms with Crippen molar-refractivity contribution >= 4 is 17.5 Å². The minimum Gasteiger partial charge on any atom is -0.442 e. The van der Waals surface area contributed by atoms with Gasteiger partial charge in [-0.15, -0.1) is 0 Å². The van der Waals surface area contributed by atoms with Crippen LogP contribution in [-0.4, -0.2) is 6.09 Å². The lowest BCUT2D eigenvalue weighted by atomic mass is 10.1. The van der Waals surface area contributed by atoms with Gasteiger partial charge in [0.1, 0.15) is 6.10 Å². The van der Waals surface area contributed by atoms with E-state index < -0.39 is 6.09 Å². The first-order valence-corrected chi connectivity index (χ1v) is 6.18. The average molecular weight is 269 g/mol. The van der Waals surface area contributed by atoms with Crippen LogP contribution in [0.3, 0.4) is 0 Å². The molecule has 2 aromatic rings. The van der Waals surface area contributed by atoms with Gasteiger partial charge < -0.3 is 10.5 Å². The number of primary amides is 1. The van der Waals surface area contributed by atoms with Gasteiger partial charge in [0, 0.05) is 0 Å². The molecule has 0 aliphatic heterocycles. The Labute approximate surface area is 117 Å². The van der Waals surface area contributed by atoms with E-state index in [9.17, 15) is 4.79 Å². The van der Waals surface area contributed by atoms with Crippen molar-refractivity contribution in [2.45, 2.75) is 13.0 Å². The molecule has 102 valence electrons. The van der Waals surface area contributed by atoms with E-state index in [1.165, 1.54) is 0 Å². The highest BCUT2D eigenvalue weighted by atomic mass is 16.6. The number of ether oxygens (including phenoxy) is 1. The predicted molar refractivity (Wildman–Crippen MR) is 76.1 cm³/mol. The topological polar surface area (TPSA) is 77.0 Å². The number of rotatable bonds is 4. The summed E-state index contributed by atoms with van der Waals surface area (Å²) >= 11 is 0. The Morgan fingerprint density at radius 1 is 1.00 bits per heavy atom. The third-order valence-corrected chi connectivity index (χ3v) is 2.69. The molecule has 20 heavy (non-hydrogen) atoms. The van der Waals surface area contributed by atoms with Crippen molar-refractivity contribution in [2.24, 2.45) is 16.0 Å². The standard InChI is InChI=1S/C15H15N3O2/c1-11(20-15(16)19)12-7-9-14(10-8-12)18-17-13-5-3-2-4-6-13/h2-11H,1H3,(H2,16,19)/b18-17+. The van der Waals surface area contributed by atoms with Crippen LogP contribution in [0, 0.1) is 0 Å². The van der Waals surface area contributed by atoms with Gasteiger partial charge in [0.2, 0.25) is 0 Å². The Bertz CT molecular complexity index is 594. The van der Waals surface area contributed by atoms with Crippen LogP contribution in [0.4, 0.5) is 16.2 Å². The summed E-state index contributed by atoms with van der Waals surface area (Å²) in [5.41, 5.74) is 7.35. The summed E-state index contributed by atoms with van der Waals surface area (Å²) in [6.45, 7) is 1.76. The minimum absolute atomic E-state index is 0.382. The monoisotopic (exact) mass is 269 g/mol. The first kappa shape index (κ1) is 13.7. The molecule has 2 aromatic carbocycles. The van der Waals surface area contributed by atoms with Crippen LogP contribution in [0.1, 0.15) is 18.6 Å².